The summed E-state index contributed by atoms with van der Waals surface area (Å²) in [7, 11) is -2.20. The van der Waals surface area contributed by atoms with Crippen molar-refractivity contribution in [1.82, 2.24) is 9.80 Å². The van der Waals surface area contributed by atoms with Crippen LogP contribution in [0.15, 0.2) is 77.7 Å². The summed E-state index contributed by atoms with van der Waals surface area (Å²) in [6.45, 7) is 3.56. The number of benzene rings is 3. The first-order chi connectivity index (χ1) is 16.8. The van der Waals surface area contributed by atoms with E-state index in [4.69, 9.17) is 4.74 Å². The van der Waals surface area contributed by atoms with Gasteiger partial charge in [-0.15, -0.1) is 0 Å². The number of anilines is 1. The number of piperazine rings is 1. The van der Waals surface area contributed by atoms with Crippen LogP contribution >= 0.6 is 0 Å². The normalized spacial score (nSPS) is 13.9. The van der Waals surface area contributed by atoms with Crippen LogP contribution < -0.4 is 9.46 Å². The minimum Gasteiger partial charge on any atom is -0.497 e. The summed E-state index contributed by atoms with van der Waals surface area (Å²) >= 11 is 0. The third kappa shape index (κ3) is 5.63. The molecule has 1 aliphatic rings. The Morgan fingerprint density at radius 2 is 1.20 bits per heavy atom. The lowest BCUT2D eigenvalue weighted by Gasteiger charge is -2.35. The zero-order valence-corrected chi connectivity index (χ0v) is 20.4. The molecule has 1 aliphatic heterocycles. The molecule has 0 radical (unpaired) electrons. The first-order valence-electron chi connectivity index (χ1n) is 11.2. The van der Waals surface area contributed by atoms with Gasteiger partial charge < -0.3 is 14.5 Å². The fraction of sp³-hybridized carbons (Fsp3) is 0.231. The van der Waals surface area contributed by atoms with E-state index in [0.29, 0.717) is 48.7 Å². The maximum Gasteiger partial charge on any atom is 0.261 e. The molecule has 3 aromatic rings. The Balaban J connectivity index is 1.36. The topological polar surface area (TPSA) is 96.0 Å². The van der Waals surface area contributed by atoms with E-state index in [1.165, 1.54) is 24.3 Å². The van der Waals surface area contributed by atoms with E-state index in [9.17, 15) is 18.0 Å². The molecule has 182 valence electrons. The van der Waals surface area contributed by atoms with Gasteiger partial charge in [-0.3, -0.25) is 14.3 Å². The Bertz CT molecular complexity index is 1300. The highest BCUT2D eigenvalue weighted by molar-refractivity contribution is 7.92. The molecule has 9 heteroatoms. The van der Waals surface area contributed by atoms with Crippen molar-refractivity contribution in [3.63, 3.8) is 0 Å². The first kappa shape index (κ1) is 24.3. The number of ether oxygens (including phenoxy) is 1. The molecule has 1 saturated heterocycles. The fourth-order valence-corrected chi connectivity index (χ4v) is 4.88. The highest BCUT2D eigenvalue weighted by Crippen LogP contribution is 2.19. The average Bonchev–Trinajstić information content (AvgIpc) is 2.89. The number of nitrogens with zero attached hydrogens (tertiary/aromatic N) is 2. The molecule has 2 amide bonds. The summed E-state index contributed by atoms with van der Waals surface area (Å²) in [5.74, 6) is 0.397. The van der Waals surface area contributed by atoms with E-state index in [0.717, 1.165) is 5.56 Å². The summed E-state index contributed by atoms with van der Waals surface area (Å²) in [6.07, 6.45) is 0. The highest BCUT2D eigenvalue weighted by atomic mass is 32.2. The fourth-order valence-electron chi connectivity index (χ4n) is 3.82. The molecule has 0 aliphatic carbocycles. The Labute approximate surface area is 205 Å². The minimum atomic E-state index is -3.77. The lowest BCUT2D eigenvalue weighted by Crippen LogP contribution is -2.50. The van der Waals surface area contributed by atoms with Crippen molar-refractivity contribution in [2.45, 2.75) is 11.8 Å². The van der Waals surface area contributed by atoms with E-state index < -0.39 is 10.0 Å². The van der Waals surface area contributed by atoms with Gasteiger partial charge in [0.25, 0.3) is 21.8 Å². The third-order valence-electron chi connectivity index (χ3n) is 5.91. The number of rotatable bonds is 6. The van der Waals surface area contributed by atoms with Crippen LogP contribution in [0.3, 0.4) is 0 Å². The molecule has 1 fully saturated rings. The maximum absolute atomic E-state index is 12.9. The van der Waals surface area contributed by atoms with Crippen LogP contribution in [0.25, 0.3) is 0 Å². The second-order valence-electron chi connectivity index (χ2n) is 8.31. The molecule has 0 bridgehead atoms. The Hall–Kier alpha value is -3.85. The third-order valence-corrected chi connectivity index (χ3v) is 7.30. The molecule has 1 N–H and O–H groups in total. The number of hydrogen-bond acceptors (Lipinski definition) is 5. The van der Waals surface area contributed by atoms with Crippen LogP contribution in [-0.4, -0.2) is 63.3 Å². The predicted octanol–water partition coefficient (Wildman–Crippen LogP) is 3.40. The molecule has 35 heavy (non-hydrogen) atoms. The average molecular weight is 494 g/mol. The Morgan fingerprint density at radius 3 is 1.66 bits per heavy atom. The number of nitrogens with one attached hydrogen (secondary N) is 1. The second kappa shape index (κ2) is 10.2. The first-order valence-corrected chi connectivity index (χ1v) is 12.7. The van der Waals surface area contributed by atoms with Crippen LogP contribution in [0.4, 0.5) is 5.69 Å². The number of sulfonamides is 1. The van der Waals surface area contributed by atoms with Crippen LogP contribution in [-0.2, 0) is 10.0 Å². The largest absolute Gasteiger partial charge is 0.497 e. The summed E-state index contributed by atoms with van der Waals surface area (Å²) in [6, 6.07) is 19.9. The van der Waals surface area contributed by atoms with Gasteiger partial charge in [0, 0.05) is 43.0 Å². The molecule has 0 spiro atoms. The van der Waals surface area contributed by atoms with Crippen molar-refractivity contribution in [1.29, 1.82) is 0 Å². The zero-order chi connectivity index (χ0) is 25.0. The van der Waals surface area contributed by atoms with Gasteiger partial charge in [0.15, 0.2) is 0 Å². The molecule has 8 nitrogen and oxygen atoms in total. The summed E-state index contributed by atoms with van der Waals surface area (Å²) < 4.78 is 33.0. The number of amides is 2. The van der Waals surface area contributed by atoms with Crippen molar-refractivity contribution < 1.29 is 22.7 Å². The second-order valence-corrected chi connectivity index (χ2v) is 9.99. The van der Waals surface area contributed by atoms with Crippen molar-refractivity contribution in [2.75, 3.05) is 38.0 Å². The van der Waals surface area contributed by atoms with Gasteiger partial charge in [-0.2, -0.15) is 0 Å². The zero-order valence-electron chi connectivity index (χ0n) is 19.6. The molecule has 0 aromatic heterocycles. The standard InChI is InChI=1S/C26H27N3O5S/c1-19-3-9-22(10-4-19)27-35(32,33)24-13-7-21(8-14-24)26(31)29-17-15-28(16-18-29)25(30)20-5-11-23(34-2)12-6-20/h3-14,27H,15-18H2,1-2H3. The van der Waals surface area contributed by atoms with Crippen LogP contribution in [0.1, 0.15) is 26.3 Å². The van der Waals surface area contributed by atoms with Gasteiger partial charge in [0.1, 0.15) is 5.75 Å². The quantitative estimate of drug-likeness (QED) is 0.568. The molecule has 0 saturated carbocycles. The van der Waals surface area contributed by atoms with Crippen LogP contribution in [0, 0.1) is 6.92 Å². The monoisotopic (exact) mass is 493 g/mol. The molecule has 4 rings (SSSR count). The van der Waals surface area contributed by atoms with Gasteiger partial charge in [0.05, 0.1) is 12.0 Å². The van der Waals surface area contributed by atoms with Crippen LogP contribution in [0.5, 0.6) is 5.75 Å². The minimum absolute atomic E-state index is 0.0736. The summed E-state index contributed by atoms with van der Waals surface area (Å²) in [5, 5.41) is 0. The number of hydrogen-bond donors (Lipinski definition) is 1. The van der Waals surface area contributed by atoms with Crippen molar-refractivity contribution in [3.05, 3.63) is 89.5 Å². The van der Waals surface area contributed by atoms with E-state index in [-0.39, 0.29) is 16.7 Å². The molecule has 3 aromatic carbocycles. The molecule has 0 atom stereocenters. The van der Waals surface area contributed by atoms with Gasteiger partial charge >= 0.3 is 0 Å². The molecular weight excluding hydrogens is 466 g/mol. The maximum atomic E-state index is 12.9. The summed E-state index contributed by atoms with van der Waals surface area (Å²) in [4.78, 5) is 29.2. The van der Waals surface area contributed by atoms with Crippen molar-refractivity contribution in [2.24, 2.45) is 0 Å². The van der Waals surface area contributed by atoms with Crippen molar-refractivity contribution in [3.8, 4) is 5.75 Å². The van der Waals surface area contributed by atoms with Gasteiger partial charge in [-0.25, -0.2) is 8.42 Å². The van der Waals surface area contributed by atoms with Gasteiger partial charge in [-0.1, -0.05) is 17.7 Å². The van der Waals surface area contributed by atoms with Gasteiger partial charge in [0.2, 0.25) is 0 Å². The molecule has 1 heterocycles. The lowest BCUT2D eigenvalue weighted by atomic mass is 10.1. The SMILES string of the molecule is COc1ccc(C(=O)N2CCN(C(=O)c3ccc(S(=O)(=O)Nc4ccc(C)cc4)cc3)CC2)cc1. The predicted molar refractivity (Wildman–Crippen MR) is 133 cm³/mol. The van der Waals surface area contributed by atoms with Crippen molar-refractivity contribution >= 4 is 27.5 Å². The van der Waals surface area contributed by atoms with E-state index in [2.05, 4.69) is 4.72 Å². The number of carbonyl (C=O) groups excluding carboxylic acids is 2. The van der Waals surface area contributed by atoms with Gasteiger partial charge in [-0.05, 0) is 67.6 Å². The lowest BCUT2D eigenvalue weighted by molar-refractivity contribution is 0.0535. The Morgan fingerprint density at radius 1 is 0.743 bits per heavy atom. The smallest absolute Gasteiger partial charge is 0.261 e. The Kier molecular flexibility index (Phi) is 7.07. The van der Waals surface area contributed by atoms with E-state index in [1.807, 2.05) is 19.1 Å². The van der Waals surface area contributed by atoms with Crippen LogP contribution in [0.2, 0.25) is 0 Å². The van der Waals surface area contributed by atoms with E-state index in [1.54, 1.807) is 53.3 Å². The number of carbonyl (C=O) groups is 2. The molecular formula is C26H27N3O5S. The molecule has 0 unspecified atom stereocenters. The highest BCUT2D eigenvalue weighted by Gasteiger charge is 2.26. The van der Waals surface area contributed by atoms with E-state index >= 15 is 0 Å². The number of aryl methyl sites for hydroxylation is 1. The number of methoxy groups -OCH3 is 1. The summed E-state index contributed by atoms with van der Waals surface area (Å²) in [5.41, 5.74) is 2.47.